The van der Waals surface area contributed by atoms with Crippen LogP contribution in [0.15, 0.2) is 5.16 Å². The fourth-order valence-electron chi connectivity index (χ4n) is 0.234. The smallest absolute Gasteiger partial charge is 0.129 e. The summed E-state index contributed by atoms with van der Waals surface area (Å²) in [7, 11) is 0. The van der Waals surface area contributed by atoms with Crippen LogP contribution in [-0.2, 0) is 4.84 Å². The van der Waals surface area contributed by atoms with Crippen molar-refractivity contribution in [3.05, 3.63) is 0 Å². The van der Waals surface area contributed by atoms with Gasteiger partial charge in [-0.15, -0.1) is 0 Å². The summed E-state index contributed by atoms with van der Waals surface area (Å²) in [6.45, 7) is 7.82. The molecule has 0 aromatic heterocycles. The van der Waals surface area contributed by atoms with E-state index >= 15 is 0 Å². The highest BCUT2D eigenvalue weighted by atomic mass is 16.6. The standard InChI is InChI=1S/C7H14NO/c1-5-6-8-9-7(2,3)4/h5H2,1-4H3. The Bertz CT molecular complexity index is 91.6. The van der Waals surface area contributed by atoms with Gasteiger partial charge in [0.15, 0.2) is 0 Å². The van der Waals surface area contributed by atoms with Crippen molar-refractivity contribution in [2.45, 2.75) is 39.7 Å². The molecule has 2 nitrogen and oxygen atoms in total. The van der Waals surface area contributed by atoms with Crippen LogP contribution in [-0.4, -0.2) is 11.8 Å². The van der Waals surface area contributed by atoms with E-state index in [0.717, 1.165) is 6.42 Å². The van der Waals surface area contributed by atoms with Crippen LogP contribution in [0.2, 0.25) is 0 Å². The van der Waals surface area contributed by atoms with E-state index in [1.807, 2.05) is 27.7 Å². The molecule has 0 aliphatic rings. The minimum atomic E-state index is -0.178. The second-order valence-electron chi connectivity index (χ2n) is 2.81. The zero-order chi connectivity index (χ0) is 7.33. The first-order valence-electron chi connectivity index (χ1n) is 3.17. The van der Waals surface area contributed by atoms with Crippen molar-refractivity contribution in [2.24, 2.45) is 5.16 Å². The SMILES string of the molecule is CC/[C]=N/OC(C)(C)C. The average molecular weight is 128 g/mol. The van der Waals surface area contributed by atoms with Crippen molar-refractivity contribution in [3.8, 4) is 0 Å². The predicted molar refractivity (Wildman–Crippen MR) is 38.6 cm³/mol. The van der Waals surface area contributed by atoms with Crippen molar-refractivity contribution in [1.29, 1.82) is 0 Å². The average Bonchev–Trinajstić information content (AvgIpc) is 1.63. The fraction of sp³-hybridized carbons (Fsp3) is 0.857. The number of nitrogens with zero attached hydrogens (tertiary/aromatic N) is 1. The molecule has 0 spiro atoms. The Labute approximate surface area is 56.9 Å². The van der Waals surface area contributed by atoms with E-state index in [-0.39, 0.29) is 5.60 Å². The van der Waals surface area contributed by atoms with Crippen molar-refractivity contribution in [1.82, 2.24) is 0 Å². The molecule has 0 aromatic rings. The number of hydrogen-bond acceptors (Lipinski definition) is 2. The molecule has 0 heterocycles. The van der Waals surface area contributed by atoms with Crippen LogP contribution in [0.4, 0.5) is 0 Å². The lowest BCUT2D eigenvalue weighted by atomic mass is 10.2. The Balaban J connectivity index is 3.38. The van der Waals surface area contributed by atoms with Crippen LogP contribution >= 0.6 is 0 Å². The molecule has 1 radical (unpaired) electrons. The molecule has 0 aliphatic heterocycles. The summed E-state index contributed by atoms with van der Waals surface area (Å²) in [6, 6.07) is 0. The number of hydrogen-bond donors (Lipinski definition) is 0. The Morgan fingerprint density at radius 1 is 1.44 bits per heavy atom. The van der Waals surface area contributed by atoms with E-state index in [2.05, 4.69) is 11.4 Å². The van der Waals surface area contributed by atoms with E-state index < -0.39 is 0 Å². The molecule has 2 heteroatoms. The zero-order valence-corrected chi connectivity index (χ0v) is 6.56. The van der Waals surface area contributed by atoms with Crippen molar-refractivity contribution in [2.75, 3.05) is 0 Å². The van der Waals surface area contributed by atoms with Gasteiger partial charge < -0.3 is 4.84 Å². The highest BCUT2D eigenvalue weighted by molar-refractivity contribution is 5.55. The van der Waals surface area contributed by atoms with Gasteiger partial charge in [0.05, 0.1) is 0 Å². The lowest BCUT2D eigenvalue weighted by Crippen LogP contribution is -2.15. The van der Waals surface area contributed by atoms with Gasteiger partial charge in [-0.3, -0.25) is 0 Å². The summed E-state index contributed by atoms with van der Waals surface area (Å²) in [5.41, 5.74) is -0.178. The molecule has 0 amide bonds. The van der Waals surface area contributed by atoms with Crippen LogP contribution in [0.5, 0.6) is 0 Å². The van der Waals surface area contributed by atoms with Crippen LogP contribution in [0.1, 0.15) is 34.1 Å². The molecule has 0 rings (SSSR count). The maximum absolute atomic E-state index is 4.98. The predicted octanol–water partition coefficient (Wildman–Crippen LogP) is 2.07. The largest absolute Gasteiger partial charge is 0.390 e. The molecule has 0 atom stereocenters. The quantitative estimate of drug-likeness (QED) is 0.412. The van der Waals surface area contributed by atoms with Gasteiger partial charge in [-0.25, -0.2) is 0 Å². The van der Waals surface area contributed by atoms with Crippen LogP contribution < -0.4 is 0 Å². The maximum atomic E-state index is 4.98. The Morgan fingerprint density at radius 3 is 2.33 bits per heavy atom. The summed E-state index contributed by atoms with van der Waals surface area (Å²) in [6.07, 6.45) is 3.51. The molecular formula is C7H14NO. The van der Waals surface area contributed by atoms with E-state index in [1.165, 1.54) is 0 Å². The minimum absolute atomic E-state index is 0.178. The van der Waals surface area contributed by atoms with Gasteiger partial charge in [-0.05, 0) is 27.2 Å². The van der Waals surface area contributed by atoms with Gasteiger partial charge in [-0.1, -0.05) is 12.1 Å². The van der Waals surface area contributed by atoms with Crippen molar-refractivity contribution < 1.29 is 4.84 Å². The monoisotopic (exact) mass is 128 g/mol. The van der Waals surface area contributed by atoms with Crippen LogP contribution in [0, 0.1) is 0 Å². The molecule has 0 bridgehead atoms. The lowest BCUT2D eigenvalue weighted by Gasteiger charge is -2.14. The molecule has 0 aromatic carbocycles. The molecule has 9 heavy (non-hydrogen) atoms. The minimum Gasteiger partial charge on any atom is -0.390 e. The molecule has 0 saturated heterocycles. The zero-order valence-electron chi connectivity index (χ0n) is 6.56. The molecule has 0 aliphatic carbocycles. The Hall–Kier alpha value is -0.530. The van der Waals surface area contributed by atoms with Crippen LogP contribution in [0.3, 0.4) is 0 Å². The van der Waals surface area contributed by atoms with Crippen molar-refractivity contribution in [3.63, 3.8) is 0 Å². The summed E-state index contributed by atoms with van der Waals surface area (Å²) < 4.78 is 0. The highest BCUT2D eigenvalue weighted by Gasteiger charge is 2.08. The molecule has 0 saturated carbocycles. The summed E-state index contributed by atoms with van der Waals surface area (Å²) in [5, 5.41) is 3.61. The molecule has 0 unspecified atom stereocenters. The van der Waals surface area contributed by atoms with Gasteiger partial charge in [0, 0.05) is 0 Å². The first-order valence-corrected chi connectivity index (χ1v) is 3.17. The third kappa shape index (κ3) is 7.47. The molecule has 0 N–H and O–H groups in total. The first kappa shape index (κ1) is 8.47. The molecule has 53 valence electrons. The van der Waals surface area contributed by atoms with Gasteiger partial charge in [-0.2, -0.15) is 0 Å². The molecule has 0 fully saturated rings. The normalized spacial score (nSPS) is 12.4. The summed E-state index contributed by atoms with van der Waals surface area (Å²) in [5.74, 6) is 0. The molecular weight excluding hydrogens is 114 g/mol. The van der Waals surface area contributed by atoms with Gasteiger partial charge in [0.2, 0.25) is 0 Å². The third-order valence-corrected chi connectivity index (χ3v) is 0.542. The highest BCUT2D eigenvalue weighted by Crippen LogP contribution is 2.05. The van der Waals surface area contributed by atoms with Gasteiger partial charge >= 0.3 is 0 Å². The van der Waals surface area contributed by atoms with E-state index in [1.54, 1.807) is 0 Å². The lowest BCUT2D eigenvalue weighted by molar-refractivity contribution is 0.00163. The van der Waals surface area contributed by atoms with Gasteiger partial charge in [0.25, 0.3) is 0 Å². The van der Waals surface area contributed by atoms with E-state index in [9.17, 15) is 0 Å². The maximum Gasteiger partial charge on any atom is 0.129 e. The Kier molecular flexibility index (Phi) is 3.28. The second kappa shape index (κ2) is 3.49. The number of rotatable bonds is 2. The third-order valence-electron chi connectivity index (χ3n) is 0.542. The van der Waals surface area contributed by atoms with Crippen LogP contribution in [0.25, 0.3) is 0 Å². The Morgan fingerprint density at radius 2 is 2.00 bits per heavy atom. The summed E-state index contributed by atoms with van der Waals surface area (Å²) >= 11 is 0. The van der Waals surface area contributed by atoms with Crippen molar-refractivity contribution >= 4 is 6.21 Å². The van der Waals surface area contributed by atoms with E-state index in [4.69, 9.17) is 4.84 Å². The fourth-order valence-corrected chi connectivity index (χ4v) is 0.234. The second-order valence-corrected chi connectivity index (χ2v) is 2.81. The summed E-state index contributed by atoms with van der Waals surface area (Å²) in [4.78, 5) is 4.98. The van der Waals surface area contributed by atoms with E-state index in [0.29, 0.717) is 0 Å². The first-order chi connectivity index (χ1) is 4.06. The van der Waals surface area contributed by atoms with Gasteiger partial charge in [0.1, 0.15) is 11.8 Å². The topological polar surface area (TPSA) is 21.6 Å².